The molecule has 4 amide bonds. The minimum Gasteiger partial charge on any atom is -0.480 e. The first-order chi connectivity index (χ1) is 24.9. The summed E-state index contributed by atoms with van der Waals surface area (Å²) in [6.45, 7) is 13.7. The molecule has 1 fully saturated rings. The van der Waals surface area contributed by atoms with Gasteiger partial charge in [-0.2, -0.15) is 0 Å². The first-order valence-electron chi connectivity index (χ1n) is 18.8. The van der Waals surface area contributed by atoms with Gasteiger partial charge in [0.25, 0.3) is 0 Å². The van der Waals surface area contributed by atoms with E-state index in [1.165, 1.54) is 32.4 Å². The topological polar surface area (TPSA) is 167 Å². The van der Waals surface area contributed by atoms with Gasteiger partial charge >= 0.3 is 5.97 Å². The van der Waals surface area contributed by atoms with Crippen molar-refractivity contribution < 1.29 is 42.9 Å². The zero-order valence-corrected chi connectivity index (χ0v) is 33.5. The van der Waals surface area contributed by atoms with Gasteiger partial charge in [0, 0.05) is 34.2 Å². The Morgan fingerprint density at radius 2 is 1.58 bits per heavy atom. The van der Waals surface area contributed by atoms with Crippen molar-refractivity contribution in [2.75, 3.05) is 34.9 Å². The molecule has 13 nitrogen and oxygen atoms in total. The number of likely N-dealkylation sites (N-methyl/N-ethyl adjacent to an activating group) is 2. The van der Waals surface area contributed by atoms with E-state index in [-0.39, 0.29) is 53.9 Å². The predicted molar refractivity (Wildman–Crippen MR) is 200 cm³/mol. The van der Waals surface area contributed by atoms with Crippen LogP contribution in [0.1, 0.15) is 79.7 Å². The Morgan fingerprint density at radius 3 is 2.09 bits per heavy atom. The number of methoxy groups -OCH3 is 2. The molecule has 1 aromatic carbocycles. The second kappa shape index (κ2) is 21.3. The molecule has 1 saturated heterocycles. The number of likely N-dealkylation sites (tertiary alicyclic amines) is 1. The van der Waals surface area contributed by atoms with Crippen molar-refractivity contribution >= 4 is 29.6 Å². The van der Waals surface area contributed by atoms with Crippen molar-refractivity contribution in [1.29, 1.82) is 0 Å². The summed E-state index contributed by atoms with van der Waals surface area (Å²) in [4.78, 5) is 70.2. The van der Waals surface area contributed by atoms with Crippen LogP contribution in [-0.4, -0.2) is 122 Å². The number of carboxylic acid groups (broad SMARTS) is 1. The number of halogens is 1. The molecule has 0 bridgehead atoms. The molecule has 0 spiro atoms. The SMILES string of the molecule is CCC(C)C(C(CC(=O)N1CCC[C@H]1C(OC)C(C)C(=O)N[C@@H](Cc1ccccc1F)C(=O)O)OC)N(C)C(=O)[C@@H](NC(=O)C(NC)C(C)C)C(C)C. The molecule has 0 aromatic heterocycles. The van der Waals surface area contributed by atoms with Gasteiger partial charge in [-0.25, -0.2) is 9.18 Å². The van der Waals surface area contributed by atoms with Gasteiger partial charge in [0.2, 0.25) is 23.6 Å². The van der Waals surface area contributed by atoms with Crippen LogP contribution in [0.3, 0.4) is 0 Å². The Morgan fingerprint density at radius 1 is 0.962 bits per heavy atom. The molecular formula is C39H64FN5O8. The number of nitrogens with one attached hydrogen (secondary N) is 3. The third-order valence-electron chi connectivity index (χ3n) is 10.7. The van der Waals surface area contributed by atoms with Gasteiger partial charge in [0.1, 0.15) is 17.9 Å². The Balaban J connectivity index is 2.27. The molecule has 0 saturated carbocycles. The average Bonchev–Trinajstić information content (AvgIpc) is 3.60. The maximum atomic E-state index is 14.3. The highest BCUT2D eigenvalue weighted by atomic mass is 19.1. The summed E-state index contributed by atoms with van der Waals surface area (Å²) >= 11 is 0. The fraction of sp³-hybridized carbons (Fsp3) is 0.718. The van der Waals surface area contributed by atoms with Crippen LogP contribution in [0.4, 0.5) is 4.39 Å². The first-order valence-corrected chi connectivity index (χ1v) is 18.8. The lowest BCUT2D eigenvalue weighted by Crippen LogP contribution is -2.59. The van der Waals surface area contributed by atoms with Crippen LogP contribution < -0.4 is 16.0 Å². The number of hydrogen-bond donors (Lipinski definition) is 4. The standard InChI is InChI=1S/C39H64FN5O8/c1-12-24(6)34(44(9)38(49)33(23(4)5)43-37(48)32(41-8)22(2)3)30(52-10)21-31(46)45-19-15-18-29(45)35(53-11)25(7)36(47)42-28(39(50)51)20-26-16-13-14-17-27(26)40/h13-14,16-17,22-25,28-30,32-35,41H,12,15,18-21H2,1-11H3,(H,42,47)(H,43,48)(H,50,51)/t24?,25?,28-,29-,30?,32?,33-,34?,35?/m0/s1. The van der Waals surface area contributed by atoms with E-state index in [9.17, 15) is 33.5 Å². The summed E-state index contributed by atoms with van der Waals surface area (Å²) in [5.41, 5.74) is 0.164. The fourth-order valence-corrected chi connectivity index (χ4v) is 7.44. The van der Waals surface area contributed by atoms with E-state index in [4.69, 9.17) is 9.47 Å². The summed E-state index contributed by atoms with van der Waals surface area (Å²) in [5.74, 6) is -4.34. The third kappa shape index (κ3) is 11.9. The first kappa shape index (κ1) is 45.5. The zero-order valence-electron chi connectivity index (χ0n) is 33.5. The van der Waals surface area contributed by atoms with Crippen LogP contribution in [0.5, 0.6) is 0 Å². The number of carbonyl (C=O) groups is 5. The van der Waals surface area contributed by atoms with E-state index >= 15 is 0 Å². The van der Waals surface area contributed by atoms with Crippen molar-refractivity contribution in [3.8, 4) is 0 Å². The van der Waals surface area contributed by atoms with Crippen LogP contribution in [0, 0.1) is 29.5 Å². The minimum atomic E-state index is -1.37. The van der Waals surface area contributed by atoms with Crippen molar-refractivity contribution in [3.05, 3.63) is 35.6 Å². The maximum Gasteiger partial charge on any atom is 0.326 e. The number of rotatable bonds is 21. The molecule has 53 heavy (non-hydrogen) atoms. The minimum absolute atomic E-state index is 0.00844. The lowest BCUT2D eigenvalue weighted by Gasteiger charge is -2.41. The number of benzene rings is 1. The number of aliphatic carboxylic acids is 1. The molecule has 9 atom stereocenters. The Kier molecular flexibility index (Phi) is 18.3. The van der Waals surface area contributed by atoms with Crippen LogP contribution in [-0.2, 0) is 39.9 Å². The average molecular weight is 750 g/mol. The predicted octanol–water partition coefficient (Wildman–Crippen LogP) is 3.24. The van der Waals surface area contributed by atoms with E-state index in [1.54, 1.807) is 36.9 Å². The van der Waals surface area contributed by atoms with Gasteiger partial charge in [-0.15, -0.1) is 0 Å². The largest absolute Gasteiger partial charge is 0.480 e. The van der Waals surface area contributed by atoms with Crippen LogP contribution >= 0.6 is 0 Å². The van der Waals surface area contributed by atoms with Gasteiger partial charge in [0.15, 0.2) is 0 Å². The van der Waals surface area contributed by atoms with Gasteiger partial charge in [-0.3, -0.25) is 19.2 Å². The number of amides is 4. The molecular weight excluding hydrogens is 685 g/mol. The van der Waals surface area contributed by atoms with Crippen molar-refractivity contribution in [2.45, 2.75) is 123 Å². The molecule has 300 valence electrons. The third-order valence-corrected chi connectivity index (χ3v) is 10.7. The lowest BCUT2D eigenvalue weighted by atomic mass is 9.89. The molecule has 0 radical (unpaired) electrons. The summed E-state index contributed by atoms with van der Waals surface area (Å²) in [6, 6.07) is 2.18. The lowest BCUT2D eigenvalue weighted by molar-refractivity contribution is -0.148. The molecule has 4 N–H and O–H groups in total. The van der Waals surface area contributed by atoms with Crippen LogP contribution in [0.25, 0.3) is 0 Å². The van der Waals surface area contributed by atoms with E-state index in [0.717, 1.165) is 0 Å². The molecule has 14 heteroatoms. The monoisotopic (exact) mass is 749 g/mol. The summed E-state index contributed by atoms with van der Waals surface area (Å²) in [5, 5.41) is 18.4. The summed E-state index contributed by atoms with van der Waals surface area (Å²) < 4.78 is 26.1. The second-order valence-corrected chi connectivity index (χ2v) is 15.0. The molecule has 6 unspecified atom stereocenters. The number of hydrogen-bond acceptors (Lipinski definition) is 8. The molecule has 1 heterocycles. The highest BCUT2D eigenvalue weighted by Gasteiger charge is 2.43. The maximum absolute atomic E-state index is 14.3. The van der Waals surface area contributed by atoms with Crippen molar-refractivity contribution in [2.24, 2.45) is 23.7 Å². The Bertz CT molecular complexity index is 1380. The summed E-state index contributed by atoms with van der Waals surface area (Å²) in [7, 11) is 6.36. The number of carboxylic acids is 1. The van der Waals surface area contributed by atoms with E-state index < -0.39 is 66.0 Å². The van der Waals surface area contributed by atoms with E-state index in [0.29, 0.717) is 25.8 Å². The molecule has 1 aromatic rings. The summed E-state index contributed by atoms with van der Waals surface area (Å²) in [6.07, 6.45) is 0.190. The van der Waals surface area contributed by atoms with E-state index in [2.05, 4.69) is 16.0 Å². The smallest absolute Gasteiger partial charge is 0.326 e. The Hall–Kier alpha value is -3.62. The highest BCUT2D eigenvalue weighted by molar-refractivity contribution is 5.90. The molecule has 1 aliphatic rings. The van der Waals surface area contributed by atoms with Gasteiger partial charge in [0.05, 0.1) is 42.7 Å². The molecule has 2 rings (SSSR count). The highest BCUT2D eigenvalue weighted by Crippen LogP contribution is 2.30. The molecule has 0 aliphatic carbocycles. The van der Waals surface area contributed by atoms with Gasteiger partial charge in [-0.1, -0.05) is 73.1 Å². The fourth-order valence-electron chi connectivity index (χ4n) is 7.44. The quantitative estimate of drug-likeness (QED) is 0.148. The number of carbonyl (C=O) groups excluding carboxylic acids is 4. The van der Waals surface area contributed by atoms with Crippen LogP contribution in [0.2, 0.25) is 0 Å². The number of ether oxygens (including phenoxy) is 2. The number of nitrogens with zero attached hydrogens (tertiary/aromatic N) is 2. The van der Waals surface area contributed by atoms with E-state index in [1.807, 2.05) is 41.5 Å². The van der Waals surface area contributed by atoms with Crippen LogP contribution in [0.15, 0.2) is 24.3 Å². The van der Waals surface area contributed by atoms with Crippen molar-refractivity contribution in [3.63, 3.8) is 0 Å². The van der Waals surface area contributed by atoms with Crippen molar-refractivity contribution in [1.82, 2.24) is 25.8 Å². The zero-order chi connectivity index (χ0) is 40.2. The van der Waals surface area contributed by atoms with Gasteiger partial charge < -0.3 is 40.3 Å². The second-order valence-electron chi connectivity index (χ2n) is 15.0. The normalized spacial score (nSPS) is 19.1. The molecule has 1 aliphatic heterocycles. The Labute approximate surface area is 315 Å². The van der Waals surface area contributed by atoms with Gasteiger partial charge in [-0.05, 0) is 49.3 Å².